The van der Waals surface area contributed by atoms with Crippen molar-refractivity contribution >= 4 is 45.0 Å². The molecule has 0 aliphatic carbocycles. The molecule has 1 heterocycles. The Morgan fingerprint density at radius 1 is 1.53 bits per heavy atom. The number of benzene rings is 1. The Hall–Kier alpha value is -0.290. The predicted octanol–water partition coefficient (Wildman–Crippen LogP) is 3.57. The maximum absolute atomic E-state index is 12.5. The van der Waals surface area contributed by atoms with E-state index in [-0.39, 0.29) is 18.1 Å². The number of morpholine rings is 1. The minimum absolute atomic E-state index is 0.0209. The van der Waals surface area contributed by atoms with Gasteiger partial charge in [-0.2, -0.15) is 0 Å². The maximum Gasteiger partial charge on any atom is 0.255 e. The van der Waals surface area contributed by atoms with Crippen LogP contribution in [0.15, 0.2) is 22.7 Å². The number of carbonyl (C=O) groups excluding carboxylic acids is 1. The van der Waals surface area contributed by atoms with E-state index in [0.717, 1.165) is 4.47 Å². The lowest BCUT2D eigenvalue weighted by atomic mass is 10.1. The number of carbonyl (C=O) groups is 1. The highest BCUT2D eigenvalue weighted by atomic mass is 79.9. The van der Waals surface area contributed by atoms with Gasteiger partial charge in [-0.3, -0.25) is 4.79 Å². The van der Waals surface area contributed by atoms with E-state index in [1.807, 2.05) is 13.0 Å². The van der Waals surface area contributed by atoms with Gasteiger partial charge < -0.3 is 9.64 Å². The van der Waals surface area contributed by atoms with Crippen LogP contribution in [0.1, 0.15) is 17.3 Å². The highest BCUT2D eigenvalue weighted by Gasteiger charge is 2.29. The van der Waals surface area contributed by atoms with Crippen LogP contribution in [0.4, 0.5) is 0 Å². The zero-order chi connectivity index (χ0) is 14.0. The van der Waals surface area contributed by atoms with Crippen molar-refractivity contribution in [2.45, 2.75) is 19.1 Å². The van der Waals surface area contributed by atoms with Crippen molar-refractivity contribution in [1.82, 2.24) is 4.90 Å². The highest BCUT2D eigenvalue weighted by Crippen LogP contribution is 2.27. The molecular weight excluding hydrogens is 353 g/mol. The van der Waals surface area contributed by atoms with Crippen LogP contribution in [0, 0.1) is 0 Å². The quantitative estimate of drug-likeness (QED) is 0.749. The second kappa shape index (κ2) is 6.44. The standard InChI is InChI=1S/C13H14BrCl2NO2/c1-8-6-17(7-9(5-15)19-8)13(18)10-3-2-4-11(14)12(10)16/h2-4,8-9H,5-7H2,1H3. The maximum atomic E-state index is 12.5. The molecule has 1 aromatic carbocycles. The SMILES string of the molecule is CC1CN(C(=O)c2cccc(Br)c2Cl)CC(CCl)O1. The van der Waals surface area contributed by atoms with E-state index in [9.17, 15) is 4.79 Å². The first-order valence-electron chi connectivity index (χ1n) is 5.97. The number of hydrogen-bond donors (Lipinski definition) is 0. The molecule has 1 aliphatic rings. The third-order valence-corrected chi connectivity index (χ3v) is 4.61. The lowest BCUT2D eigenvalue weighted by Gasteiger charge is -2.36. The van der Waals surface area contributed by atoms with E-state index >= 15 is 0 Å². The van der Waals surface area contributed by atoms with Crippen LogP contribution in [0.5, 0.6) is 0 Å². The van der Waals surface area contributed by atoms with Crippen molar-refractivity contribution in [3.8, 4) is 0 Å². The van der Waals surface area contributed by atoms with Crippen molar-refractivity contribution in [2.75, 3.05) is 19.0 Å². The van der Waals surface area contributed by atoms with E-state index in [4.69, 9.17) is 27.9 Å². The van der Waals surface area contributed by atoms with Crippen LogP contribution >= 0.6 is 39.1 Å². The Labute approximate surface area is 130 Å². The normalized spacial score (nSPS) is 23.5. The number of hydrogen-bond acceptors (Lipinski definition) is 2. The van der Waals surface area contributed by atoms with Crippen LogP contribution in [-0.4, -0.2) is 42.0 Å². The van der Waals surface area contributed by atoms with Crippen LogP contribution in [-0.2, 0) is 4.74 Å². The number of nitrogens with zero attached hydrogens (tertiary/aromatic N) is 1. The van der Waals surface area contributed by atoms with Gasteiger partial charge in [-0.15, -0.1) is 11.6 Å². The number of ether oxygens (including phenoxy) is 1. The summed E-state index contributed by atoms with van der Waals surface area (Å²) in [6, 6.07) is 5.33. The summed E-state index contributed by atoms with van der Waals surface area (Å²) >= 11 is 15.3. The van der Waals surface area contributed by atoms with E-state index in [1.54, 1.807) is 17.0 Å². The number of halogens is 3. The second-order valence-electron chi connectivity index (χ2n) is 4.53. The Kier molecular flexibility index (Phi) is 5.12. The fourth-order valence-electron chi connectivity index (χ4n) is 2.14. The smallest absolute Gasteiger partial charge is 0.255 e. The van der Waals surface area contributed by atoms with Gasteiger partial charge in [0.2, 0.25) is 0 Å². The monoisotopic (exact) mass is 365 g/mol. The summed E-state index contributed by atoms with van der Waals surface area (Å²) < 4.78 is 6.36. The third-order valence-electron chi connectivity index (χ3n) is 2.97. The van der Waals surface area contributed by atoms with Crippen LogP contribution in [0.25, 0.3) is 0 Å². The topological polar surface area (TPSA) is 29.5 Å². The van der Waals surface area contributed by atoms with Gasteiger partial charge in [-0.05, 0) is 35.0 Å². The van der Waals surface area contributed by atoms with E-state index < -0.39 is 0 Å². The fraction of sp³-hybridized carbons (Fsp3) is 0.462. The molecule has 1 fully saturated rings. The molecule has 3 nitrogen and oxygen atoms in total. The van der Waals surface area contributed by atoms with Gasteiger partial charge in [0.05, 0.1) is 28.7 Å². The number of rotatable bonds is 2. The summed E-state index contributed by atoms with van der Waals surface area (Å²) in [7, 11) is 0. The van der Waals surface area contributed by atoms with Gasteiger partial charge in [-0.25, -0.2) is 0 Å². The van der Waals surface area contributed by atoms with Crippen LogP contribution < -0.4 is 0 Å². The molecule has 19 heavy (non-hydrogen) atoms. The molecule has 1 aromatic rings. The Morgan fingerprint density at radius 3 is 2.95 bits per heavy atom. The van der Waals surface area contributed by atoms with Crippen LogP contribution in [0.3, 0.4) is 0 Å². The van der Waals surface area contributed by atoms with Crippen molar-refractivity contribution < 1.29 is 9.53 Å². The predicted molar refractivity (Wildman–Crippen MR) is 80.1 cm³/mol. The van der Waals surface area contributed by atoms with Crippen LogP contribution in [0.2, 0.25) is 5.02 Å². The van der Waals surface area contributed by atoms with E-state index in [0.29, 0.717) is 29.6 Å². The zero-order valence-electron chi connectivity index (χ0n) is 10.4. The molecule has 0 saturated carbocycles. The van der Waals surface area contributed by atoms with Gasteiger partial charge in [0.15, 0.2) is 0 Å². The summed E-state index contributed by atoms with van der Waals surface area (Å²) in [4.78, 5) is 14.2. The molecule has 1 saturated heterocycles. The third kappa shape index (κ3) is 3.43. The molecule has 0 aromatic heterocycles. The Bertz CT molecular complexity index is 484. The lowest BCUT2D eigenvalue weighted by molar-refractivity contribution is -0.0570. The Balaban J connectivity index is 2.21. The molecule has 0 radical (unpaired) electrons. The van der Waals surface area contributed by atoms with Crippen molar-refractivity contribution in [1.29, 1.82) is 0 Å². The summed E-state index contributed by atoms with van der Waals surface area (Å²) in [5, 5.41) is 0.439. The molecule has 2 unspecified atom stereocenters. The molecule has 0 spiro atoms. The Morgan fingerprint density at radius 2 is 2.26 bits per heavy atom. The molecule has 104 valence electrons. The molecule has 2 rings (SSSR count). The lowest BCUT2D eigenvalue weighted by Crippen LogP contribution is -2.49. The zero-order valence-corrected chi connectivity index (χ0v) is 13.5. The summed E-state index contributed by atoms with van der Waals surface area (Å²) in [5.41, 5.74) is 0.499. The summed E-state index contributed by atoms with van der Waals surface area (Å²) in [5.74, 6) is 0.289. The number of amides is 1. The van der Waals surface area contributed by atoms with Gasteiger partial charge in [0, 0.05) is 17.6 Å². The molecule has 0 bridgehead atoms. The van der Waals surface area contributed by atoms with E-state index in [1.165, 1.54) is 0 Å². The van der Waals surface area contributed by atoms with Gasteiger partial charge in [0.25, 0.3) is 5.91 Å². The van der Waals surface area contributed by atoms with E-state index in [2.05, 4.69) is 15.9 Å². The fourth-order valence-corrected chi connectivity index (χ4v) is 2.88. The first-order chi connectivity index (χ1) is 9.02. The van der Waals surface area contributed by atoms with Gasteiger partial charge in [0.1, 0.15) is 0 Å². The minimum Gasteiger partial charge on any atom is -0.370 e. The van der Waals surface area contributed by atoms with Crippen molar-refractivity contribution in [3.63, 3.8) is 0 Å². The first kappa shape index (κ1) is 15.1. The average Bonchev–Trinajstić information content (AvgIpc) is 2.40. The van der Waals surface area contributed by atoms with Crippen molar-refractivity contribution in [3.05, 3.63) is 33.3 Å². The average molecular weight is 367 g/mol. The molecule has 1 aliphatic heterocycles. The van der Waals surface area contributed by atoms with Gasteiger partial charge in [-0.1, -0.05) is 17.7 Å². The summed E-state index contributed by atoms with van der Waals surface area (Å²) in [6.45, 7) is 2.98. The number of alkyl halides is 1. The second-order valence-corrected chi connectivity index (χ2v) is 6.08. The largest absolute Gasteiger partial charge is 0.370 e. The molecule has 0 N–H and O–H groups in total. The molecular formula is C13H14BrCl2NO2. The molecule has 6 heteroatoms. The minimum atomic E-state index is -0.125. The molecule has 1 amide bonds. The first-order valence-corrected chi connectivity index (χ1v) is 7.68. The highest BCUT2D eigenvalue weighted by molar-refractivity contribution is 9.10. The van der Waals surface area contributed by atoms with Crippen molar-refractivity contribution in [2.24, 2.45) is 0 Å². The summed E-state index contributed by atoms with van der Waals surface area (Å²) in [6.07, 6.45) is -0.146. The molecule has 2 atom stereocenters. The van der Waals surface area contributed by atoms with Gasteiger partial charge >= 0.3 is 0 Å².